The predicted octanol–water partition coefficient (Wildman–Crippen LogP) is 1.02. The van der Waals surface area contributed by atoms with Gasteiger partial charge in [0.1, 0.15) is 0 Å². The van der Waals surface area contributed by atoms with Crippen LogP contribution >= 0.6 is 0 Å². The van der Waals surface area contributed by atoms with Crippen molar-refractivity contribution in [3.8, 4) is 0 Å². The summed E-state index contributed by atoms with van der Waals surface area (Å²) in [6, 6.07) is 0.693. The molecule has 0 rings (SSSR count). The van der Waals surface area contributed by atoms with Crippen LogP contribution in [0.2, 0.25) is 6.04 Å². The van der Waals surface area contributed by atoms with Crippen LogP contribution in [-0.2, 0) is 22.9 Å². The van der Waals surface area contributed by atoms with Gasteiger partial charge in [0.25, 0.3) is 0 Å². The van der Waals surface area contributed by atoms with E-state index in [0.29, 0.717) is 12.6 Å². The molecule has 0 unspecified atom stereocenters. The molecule has 1 N–H and O–H groups in total. The highest BCUT2D eigenvalue weighted by molar-refractivity contribution is 6.60. The smallest absolute Gasteiger partial charge is 0.377 e. The minimum atomic E-state index is -2.53. The van der Waals surface area contributed by atoms with Crippen LogP contribution in [0.25, 0.3) is 0 Å². The maximum atomic E-state index is 11.1. The molecule has 0 aromatic rings. The van der Waals surface area contributed by atoms with Gasteiger partial charge in [-0.2, -0.15) is 0 Å². The molecular formula is C14H30N2O5Si. The molecule has 8 heteroatoms. The van der Waals surface area contributed by atoms with E-state index in [9.17, 15) is 9.59 Å². The molecule has 130 valence electrons. The summed E-state index contributed by atoms with van der Waals surface area (Å²) in [5.74, 6) is 0. The van der Waals surface area contributed by atoms with Crippen molar-refractivity contribution in [2.75, 3.05) is 41.0 Å². The lowest BCUT2D eigenvalue weighted by molar-refractivity contribution is -0.118. The van der Waals surface area contributed by atoms with Gasteiger partial charge in [0, 0.05) is 47.0 Å². The molecule has 0 fully saturated rings. The Bertz CT molecular complexity index is 282. The van der Waals surface area contributed by atoms with Crippen molar-refractivity contribution in [2.24, 2.45) is 0 Å². The van der Waals surface area contributed by atoms with E-state index in [1.807, 2.05) is 0 Å². The van der Waals surface area contributed by atoms with E-state index in [2.05, 4.69) is 5.32 Å². The summed E-state index contributed by atoms with van der Waals surface area (Å²) in [7, 11) is 2.25. The number of carbonyl (C=O) groups is 2. The second kappa shape index (κ2) is 13.7. The molecule has 0 aliphatic rings. The first-order valence-corrected chi connectivity index (χ1v) is 9.63. The molecule has 0 aliphatic carbocycles. The number of rotatable bonds is 16. The van der Waals surface area contributed by atoms with Crippen LogP contribution < -0.4 is 5.32 Å². The summed E-state index contributed by atoms with van der Waals surface area (Å²) in [6.45, 7) is 2.16. The van der Waals surface area contributed by atoms with Crippen molar-refractivity contribution in [3.63, 3.8) is 0 Å². The highest BCUT2D eigenvalue weighted by Gasteiger charge is 2.36. The number of amides is 2. The van der Waals surface area contributed by atoms with Crippen LogP contribution in [0.15, 0.2) is 0 Å². The largest absolute Gasteiger partial charge is 0.500 e. The van der Waals surface area contributed by atoms with E-state index in [1.54, 1.807) is 26.2 Å². The predicted molar refractivity (Wildman–Crippen MR) is 86.4 cm³/mol. The number of nitrogens with zero attached hydrogens (tertiary/aromatic N) is 1. The zero-order valence-corrected chi connectivity index (χ0v) is 15.0. The topological polar surface area (TPSA) is 77.1 Å². The molecule has 0 saturated heterocycles. The van der Waals surface area contributed by atoms with Gasteiger partial charge in [-0.1, -0.05) is 12.8 Å². The third kappa shape index (κ3) is 9.14. The maximum absolute atomic E-state index is 11.1. The van der Waals surface area contributed by atoms with E-state index < -0.39 is 8.80 Å². The summed E-state index contributed by atoms with van der Waals surface area (Å²) in [6.07, 6.45) is 6.47. The Kier molecular flexibility index (Phi) is 13.1. The molecule has 0 saturated carbocycles. The fraction of sp³-hybridized carbons (Fsp3) is 0.857. The van der Waals surface area contributed by atoms with Crippen molar-refractivity contribution < 1.29 is 22.9 Å². The number of unbranched alkanes of at least 4 members (excludes halogenated alkanes) is 3. The Labute approximate surface area is 134 Å². The minimum absolute atomic E-state index is 0.682. The summed E-state index contributed by atoms with van der Waals surface area (Å²) in [4.78, 5) is 22.9. The van der Waals surface area contributed by atoms with Gasteiger partial charge < -0.3 is 23.5 Å². The van der Waals surface area contributed by atoms with Crippen LogP contribution in [-0.4, -0.2) is 67.5 Å². The Hall–Kier alpha value is -0.963. The van der Waals surface area contributed by atoms with Gasteiger partial charge in [0.2, 0.25) is 12.8 Å². The van der Waals surface area contributed by atoms with E-state index in [1.165, 1.54) is 0 Å². The van der Waals surface area contributed by atoms with Gasteiger partial charge in [0.15, 0.2) is 0 Å². The summed E-state index contributed by atoms with van der Waals surface area (Å²) < 4.78 is 16.1. The van der Waals surface area contributed by atoms with E-state index in [0.717, 1.165) is 58.0 Å². The first kappa shape index (κ1) is 21.0. The monoisotopic (exact) mass is 334 g/mol. The van der Waals surface area contributed by atoms with E-state index in [-0.39, 0.29) is 0 Å². The Balaban J connectivity index is 3.79. The zero-order valence-electron chi connectivity index (χ0n) is 14.0. The lowest BCUT2D eigenvalue weighted by Crippen LogP contribution is -2.43. The van der Waals surface area contributed by atoms with Crippen LogP contribution in [0.5, 0.6) is 0 Å². The quantitative estimate of drug-likeness (QED) is 0.259. The zero-order chi connectivity index (χ0) is 16.7. The molecule has 0 aromatic heterocycles. The average Bonchev–Trinajstić information content (AvgIpc) is 2.56. The van der Waals surface area contributed by atoms with Crippen molar-refractivity contribution in [3.05, 3.63) is 0 Å². The highest BCUT2D eigenvalue weighted by atomic mass is 28.4. The maximum Gasteiger partial charge on any atom is 0.500 e. The second-order valence-corrected chi connectivity index (χ2v) is 8.12. The van der Waals surface area contributed by atoms with E-state index in [4.69, 9.17) is 13.3 Å². The summed E-state index contributed by atoms with van der Waals surface area (Å²) in [5.41, 5.74) is 0. The van der Waals surface area contributed by atoms with Gasteiger partial charge in [-0.15, -0.1) is 0 Å². The van der Waals surface area contributed by atoms with Gasteiger partial charge >= 0.3 is 8.80 Å². The number of hydrogen-bond acceptors (Lipinski definition) is 5. The van der Waals surface area contributed by atoms with Crippen molar-refractivity contribution in [1.82, 2.24) is 10.2 Å². The van der Waals surface area contributed by atoms with Gasteiger partial charge in [0.05, 0.1) is 0 Å². The van der Waals surface area contributed by atoms with Crippen LogP contribution in [0.4, 0.5) is 0 Å². The second-order valence-electron chi connectivity index (χ2n) is 5.03. The fourth-order valence-electron chi connectivity index (χ4n) is 2.23. The normalized spacial score (nSPS) is 11.2. The van der Waals surface area contributed by atoms with Gasteiger partial charge in [-0.25, -0.2) is 0 Å². The first-order valence-electron chi connectivity index (χ1n) is 7.69. The Morgan fingerprint density at radius 3 is 2.05 bits per heavy atom. The SMILES string of the molecule is CO[Si](CCCN(C=O)CCCCCCNC=O)(OC)OC. The summed E-state index contributed by atoms with van der Waals surface area (Å²) in [5, 5.41) is 2.64. The third-order valence-electron chi connectivity index (χ3n) is 3.61. The molecule has 0 spiro atoms. The molecule has 0 aromatic carbocycles. The average molecular weight is 334 g/mol. The number of carbonyl (C=O) groups excluding carboxylic acids is 2. The molecular weight excluding hydrogens is 304 g/mol. The van der Waals surface area contributed by atoms with Gasteiger partial charge in [-0.05, 0) is 19.3 Å². The van der Waals surface area contributed by atoms with Crippen molar-refractivity contribution in [1.29, 1.82) is 0 Å². The molecule has 2 amide bonds. The van der Waals surface area contributed by atoms with Crippen LogP contribution in [0.3, 0.4) is 0 Å². The molecule has 0 radical (unpaired) electrons. The molecule has 0 heterocycles. The van der Waals surface area contributed by atoms with E-state index >= 15 is 0 Å². The lowest BCUT2D eigenvalue weighted by Gasteiger charge is -2.25. The number of nitrogens with one attached hydrogen (secondary N) is 1. The van der Waals surface area contributed by atoms with Crippen LogP contribution in [0.1, 0.15) is 32.1 Å². The molecule has 22 heavy (non-hydrogen) atoms. The molecule has 0 bridgehead atoms. The molecule has 0 aliphatic heterocycles. The fourth-order valence-corrected chi connectivity index (χ4v) is 3.93. The first-order chi connectivity index (χ1) is 10.7. The minimum Gasteiger partial charge on any atom is -0.377 e. The summed E-state index contributed by atoms with van der Waals surface area (Å²) >= 11 is 0. The van der Waals surface area contributed by atoms with Crippen molar-refractivity contribution in [2.45, 2.75) is 38.1 Å². The van der Waals surface area contributed by atoms with Crippen molar-refractivity contribution >= 4 is 21.6 Å². The van der Waals surface area contributed by atoms with Gasteiger partial charge in [-0.3, -0.25) is 9.59 Å². The highest BCUT2D eigenvalue weighted by Crippen LogP contribution is 2.15. The third-order valence-corrected chi connectivity index (χ3v) is 6.44. The molecule has 7 nitrogen and oxygen atoms in total. The molecule has 0 atom stereocenters. The number of hydrogen-bond donors (Lipinski definition) is 1. The lowest BCUT2D eigenvalue weighted by atomic mass is 10.2. The Morgan fingerprint density at radius 2 is 1.50 bits per heavy atom. The standard InChI is InChI=1S/C14H30N2O5Si/c1-19-22(20-2,21-3)12-8-11-16(14-18)10-7-5-4-6-9-15-13-17/h13-14H,4-12H2,1-3H3,(H,15,17). The van der Waals surface area contributed by atoms with Crippen LogP contribution in [0, 0.1) is 0 Å². The Morgan fingerprint density at radius 1 is 0.909 bits per heavy atom.